The van der Waals surface area contributed by atoms with E-state index in [4.69, 9.17) is 0 Å². The van der Waals surface area contributed by atoms with Gasteiger partial charge in [-0.2, -0.15) is 0 Å². The first-order chi connectivity index (χ1) is 9.20. The predicted octanol–water partition coefficient (Wildman–Crippen LogP) is 3.38. The standard InChI is InChI=1S/C17H28N2/c1-4-19-11-5-6-17(19)13-18-12-15-7-9-16(10-8-15)14(2)3/h7-10,14,17-18H,4-6,11-13H2,1-3H3/t17-/m0/s1. The Morgan fingerprint density at radius 2 is 2.00 bits per heavy atom. The minimum absolute atomic E-state index is 0.624. The van der Waals surface area contributed by atoms with E-state index in [1.165, 1.54) is 37.1 Å². The van der Waals surface area contributed by atoms with Gasteiger partial charge in [-0.15, -0.1) is 0 Å². The van der Waals surface area contributed by atoms with Gasteiger partial charge in [0.1, 0.15) is 0 Å². The van der Waals surface area contributed by atoms with Crippen molar-refractivity contribution >= 4 is 0 Å². The summed E-state index contributed by atoms with van der Waals surface area (Å²) in [5, 5.41) is 3.61. The van der Waals surface area contributed by atoms with E-state index in [0.29, 0.717) is 5.92 Å². The molecule has 1 aliphatic rings. The molecule has 1 saturated heterocycles. The summed E-state index contributed by atoms with van der Waals surface area (Å²) in [5.74, 6) is 0.624. The number of nitrogens with one attached hydrogen (secondary N) is 1. The maximum atomic E-state index is 3.61. The van der Waals surface area contributed by atoms with Gasteiger partial charge in [0.15, 0.2) is 0 Å². The van der Waals surface area contributed by atoms with Crippen LogP contribution in [0.3, 0.4) is 0 Å². The lowest BCUT2D eigenvalue weighted by Crippen LogP contribution is -2.37. The van der Waals surface area contributed by atoms with E-state index in [1.807, 2.05) is 0 Å². The molecule has 0 unspecified atom stereocenters. The van der Waals surface area contributed by atoms with Crippen molar-refractivity contribution in [3.63, 3.8) is 0 Å². The lowest BCUT2D eigenvalue weighted by Gasteiger charge is -2.23. The number of benzene rings is 1. The Labute approximate surface area is 118 Å². The molecule has 1 aromatic rings. The van der Waals surface area contributed by atoms with Crippen LogP contribution in [0.25, 0.3) is 0 Å². The van der Waals surface area contributed by atoms with Gasteiger partial charge in [-0.1, -0.05) is 45.0 Å². The lowest BCUT2D eigenvalue weighted by atomic mass is 10.0. The molecule has 0 aromatic heterocycles. The van der Waals surface area contributed by atoms with E-state index in [9.17, 15) is 0 Å². The highest BCUT2D eigenvalue weighted by Crippen LogP contribution is 2.16. The number of rotatable bonds is 6. The fourth-order valence-electron chi connectivity index (χ4n) is 2.95. The molecule has 2 nitrogen and oxygen atoms in total. The molecule has 1 aliphatic heterocycles. The summed E-state index contributed by atoms with van der Waals surface area (Å²) in [6.45, 7) is 11.3. The molecule has 1 heterocycles. The number of likely N-dealkylation sites (tertiary alicyclic amines) is 1. The van der Waals surface area contributed by atoms with Gasteiger partial charge in [-0.25, -0.2) is 0 Å². The molecule has 1 aromatic carbocycles. The molecule has 0 aliphatic carbocycles. The molecule has 19 heavy (non-hydrogen) atoms. The minimum atomic E-state index is 0.624. The van der Waals surface area contributed by atoms with E-state index < -0.39 is 0 Å². The Hall–Kier alpha value is -0.860. The van der Waals surface area contributed by atoms with E-state index in [2.05, 4.69) is 55.3 Å². The average molecular weight is 260 g/mol. The van der Waals surface area contributed by atoms with Gasteiger partial charge in [0.2, 0.25) is 0 Å². The fraction of sp³-hybridized carbons (Fsp3) is 0.647. The second-order valence-electron chi connectivity index (χ2n) is 5.95. The summed E-state index contributed by atoms with van der Waals surface area (Å²) in [5.41, 5.74) is 2.82. The summed E-state index contributed by atoms with van der Waals surface area (Å²) < 4.78 is 0. The van der Waals surface area contributed by atoms with Crippen LogP contribution in [0.5, 0.6) is 0 Å². The lowest BCUT2D eigenvalue weighted by molar-refractivity contribution is 0.260. The first kappa shape index (κ1) is 14.5. The van der Waals surface area contributed by atoms with Crippen LogP contribution in [0.2, 0.25) is 0 Å². The van der Waals surface area contributed by atoms with Crippen molar-refractivity contribution in [1.82, 2.24) is 10.2 Å². The molecule has 2 rings (SSSR count). The normalized spacial score (nSPS) is 20.3. The van der Waals surface area contributed by atoms with Crippen LogP contribution in [0.1, 0.15) is 50.7 Å². The van der Waals surface area contributed by atoms with Crippen LogP contribution >= 0.6 is 0 Å². The second kappa shape index (κ2) is 7.06. The zero-order valence-corrected chi connectivity index (χ0v) is 12.7. The molecular formula is C17H28N2. The van der Waals surface area contributed by atoms with Gasteiger partial charge < -0.3 is 5.32 Å². The Kier molecular flexibility index (Phi) is 5.41. The number of hydrogen-bond donors (Lipinski definition) is 1. The second-order valence-corrected chi connectivity index (χ2v) is 5.95. The van der Waals surface area contributed by atoms with Crippen molar-refractivity contribution in [2.75, 3.05) is 19.6 Å². The van der Waals surface area contributed by atoms with Gasteiger partial charge >= 0.3 is 0 Å². The number of hydrogen-bond acceptors (Lipinski definition) is 2. The van der Waals surface area contributed by atoms with Gasteiger partial charge in [0, 0.05) is 19.1 Å². The molecule has 0 amide bonds. The van der Waals surface area contributed by atoms with Crippen LogP contribution < -0.4 is 5.32 Å². The summed E-state index contributed by atoms with van der Waals surface area (Å²) in [4.78, 5) is 2.59. The fourth-order valence-corrected chi connectivity index (χ4v) is 2.95. The zero-order chi connectivity index (χ0) is 13.7. The third-order valence-corrected chi connectivity index (χ3v) is 4.26. The predicted molar refractivity (Wildman–Crippen MR) is 82.5 cm³/mol. The van der Waals surface area contributed by atoms with E-state index >= 15 is 0 Å². The average Bonchev–Trinajstić information content (AvgIpc) is 2.87. The largest absolute Gasteiger partial charge is 0.311 e. The first-order valence-corrected chi connectivity index (χ1v) is 7.74. The Bertz CT molecular complexity index is 369. The van der Waals surface area contributed by atoms with Gasteiger partial charge in [0.05, 0.1) is 0 Å². The molecule has 1 N–H and O–H groups in total. The van der Waals surface area contributed by atoms with Crippen LogP contribution in [0, 0.1) is 0 Å². The topological polar surface area (TPSA) is 15.3 Å². The summed E-state index contributed by atoms with van der Waals surface area (Å²) in [7, 11) is 0. The minimum Gasteiger partial charge on any atom is -0.311 e. The molecule has 2 heteroatoms. The highest BCUT2D eigenvalue weighted by atomic mass is 15.2. The number of likely N-dealkylation sites (N-methyl/N-ethyl adjacent to an activating group) is 1. The Balaban J connectivity index is 1.76. The van der Waals surface area contributed by atoms with Crippen molar-refractivity contribution in [2.45, 2.75) is 52.1 Å². The van der Waals surface area contributed by atoms with Gasteiger partial charge in [-0.05, 0) is 43.0 Å². The smallest absolute Gasteiger partial charge is 0.0221 e. The Morgan fingerprint density at radius 3 is 2.63 bits per heavy atom. The molecule has 0 bridgehead atoms. The van der Waals surface area contributed by atoms with Crippen molar-refractivity contribution in [2.24, 2.45) is 0 Å². The zero-order valence-electron chi connectivity index (χ0n) is 12.7. The first-order valence-electron chi connectivity index (χ1n) is 7.74. The quantitative estimate of drug-likeness (QED) is 0.843. The highest BCUT2D eigenvalue weighted by Gasteiger charge is 2.21. The van der Waals surface area contributed by atoms with Crippen LogP contribution in [0.15, 0.2) is 24.3 Å². The molecule has 0 radical (unpaired) electrons. The SMILES string of the molecule is CCN1CCC[C@H]1CNCc1ccc(C(C)C)cc1. The maximum absolute atomic E-state index is 3.61. The van der Waals surface area contributed by atoms with Crippen LogP contribution in [0.4, 0.5) is 0 Å². The monoisotopic (exact) mass is 260 g/mol. The maximum Gasteiger partial charge on any atom is 0.0221 e. The summed E-state index contributed by atoms with van der Waals surface area (Å²) in [6, 6.07) is 9.79. The van der Waals surface area contributed by atoms with E-state index in [-0.39, 0.29) is 0 Å². The van der Waals surface area contributed by atoms with Crippen molar-refractivity contribution in [3.8, 4) is 0 Å². The molecule has 0 spiro atoms. The third kappa shape index (κ3) is 4.05. The summed E-state index contributed by atoms with van der Waals surface area (Å²) in [6.07, 6.45) is 2.72. The highest BCUT2D eigenvalue weighted by molar-refractivity contribution is 5.24. The molecular weight excluding hydrogens is 232 g/mol. The van der Waals surface area contributed by atoms with Crippen molar-refractivity contribution in [3.05, 3.63) is 35.4 Å². The van der Waals surface area contributed by atoms with E-state index in [0.717, 1.165) is 19.1 Å². The van der Waals surface area contributed by atoms with Crippen molar-refractivity contribution < 1.29 is 0 Å². The van der Waals surface area contributed by atoms with Gasteiger partial charge in [0.25, 0.3) is 0 Å². The van der Waals surface area contributed by atoms with E-state index in [1.54, 1.807) is 0 Å². The molecule has 1 atom stereocenters. The molecule has 0 saturated carbocycles. The number of nitrogens with zero attached hydrogens (tertiary/aromatic N) is 1. The van der Waals surface area contributed by atoms with Gasteiger partial charge in [-0.3, -0.25) is 4.90 Å². The van der Waals surface area contributed by atoms with Crippen molar-refractivity contribution in [1.29, 1.82) is 0 Å². The third-order valence-electron chi connectivity index (χ3n) is 4.26. The molecule has 106 valence electrons. The summed E-state index contributed by atoms with van der Waals surface area (Å²) >= 11 is 0. The van der Waals surface area contributed by atoms with Crippen LogP contribution in [-0.2, 0) is 6.54 Å². The molecule has 1 fully saturated rings. The van der Waals surface area contributed by atoms with Crippen LogP contribution in [-0.4, -0.2) is 30.6 Å². The Morgan fingerprint density at radius 1 is 1.26 bits per heavy atom.